The zero-order valence-electron chi connectivity index (χ0n) is 9.86. The molecule has 0 saturated carbocycles. The monoisotopic (exact) mass is 345 g/mol. The molecule has 1 aromatic carbocycles. The van der Waals surface area contributed by atoms with Crippen molar-refractivity contribution < 1.29 is 9.53 Å². The summed E-state index contributed by atoms with van der Waals surface area (Å²) in [6, 6.07) is 7.72. The van der Waals surface area contributed by atoms with Crippen molar-refractivity contribution in [3.63, 3.8) is 0 Å². The molecule has 2 rings (SSSR count). The molecule has 1 saturated heterocycles. The van der Waals surface area contributed by atoms with Crippen LogP contribution in [-0.2, 0) is 4.74 Å². The zero-order valence-corrected chi connectivity index (χ0v) is 12.0. The normalized spacial score (nSPS) is 21.1. The fourth-order valence-corrected chi connectivity index (χ4v) is 2.53. The van der Waals surface area contributed by atoms with E-state index in [-0.39, 0.29) is 12.0 Å². The zero-order chi connectivity index (χ0) is 12.3. The van der Waals surface area contributed by atoms with E-state index >= 15 is 0 Å². The maximum atomic E-state index is 12.3. The molecular formula is C13H16INO2. The average molecular weight is 345 g/mol. The van der Waals surface area contributed by atoms with E-state index in [9.17, 15) is 4.79 Å². The summed E-state index contributed by atoms with van der Waals surface area (Å²) in [5.74, 6) is 0.112. The van der Waals surface area contributed by atoms with Crippen molar-refractivity contribution in [3.05, 3.63) is 33.4 Å². The molecule has 3 nitrogen and oxygen atoms in total. The molecule has 1 fully saturated rings. The Morgan fingerprint density at radius 2 is 2.35 bits per heavy atom. The van der Waals surface area contributed by atoms with E-state index in [1.165, 1.54) is 0 Å². The van der Waals surface area contributed by atoms with Crippen LogP contribution in [0.2, 0.25) is 0 Å². The summed E-state index contributed by atoms with van der Waals surface area (Å²) < 4.78 is 6.64. The first-order chi connectivity index (χ1) is 8.16. The van der Waals surface area contributed by atoms with E-state index < -0.39 is 0 Å². The number of rotatable bonds is 1. The molecule has 4 heteroatoms. The highest BCUT2D eigenvalue weighted by molar-refractivity contribution is 14.1. The molecule has 0 radical (unpaired) electrons. The minimum Gasteiger partial charge on any atom is -0.377 e. The van der Waals surface area contributed by atoms with Crippen molar-refractivity contribution in [1.29, 1.82) is 0 Å². The van der Waals surface area contributed by atoms with Gasteiger partial charge in [0.2, 0.25) is 0 Å². The number of ether oxygens (including phenoxy) is 1. The van der Waals surface area contributed by atoms with Crippen molar-refractivity contribution in [2.45, 2.75) is 19.4 Å². The Labute approximate surface area is 115 Å². The van der Waals surface area contributed by atoms with Crippen LogP contribution in [0.1, 0.15) is 23.7 Å². The Balaban J connectivity index is 2.13. The lowest BCUT2D eigenvalue weighted by molar-refractivity contribution is 0.0562. The second kappa shape index (κ2) is 5.82. The molecular weight excluding hydrogens is 329 g/mol. The van der Waals surface area contributed by atoms with Gasteiger partial charge in [0.15, 0.2) is 0 Å². The minimum atomic E-state index is 0.112. The molecule has 1 amide bonds. The van der Waals surface area contributed by atoms with E-state index in [0.717, 1.165) is 28.7 Å². The molecule has 1 aliphatic heterocycles. The smallest absolute Gasteiger partial charge is 0.253 e. The fraction of sp³-hybridized carbons (Fsp3) is 0.462. The average Bonchev–Trinajstić information content (AvgIpc) is 2.53. The lowest BCUT2D eigenvalue weighted by Gasteiger charge is -2.22. The molecule has 0 spiro atoms. The molecule has 1 heterocycles. The van der Waals surface area contributed by atoms with Gasteiger partial charge in [-0.3, -0.25) is 4.79 Å². The second-order valence-corrected chi connectivity index (χ2v) is 5.54. The molecule has 0 aliphatic carbocycles. The summed E-state index contributed by atoms with van der Waals surface area (Å²) in [5.41, 5.74) is 0.769. The molecule has 1 aromatic rings. The van der Waals surface area contributed by atoms with Crippen LogP contribution in [0.15, 0.2) is 24.3 Å². The van der Waals surface area contributed by atoms with E-state index in [4.69, 9.17) is 4.74 Å². The molecule has 1 unspecified atom stereocenters. The summed E-state index contributed by atoms with van der Waals surface area (Å²) in [7, 11) is 0. The Bertz CT molecular complexity index is 408. The van der Waals surface area contributed by atoms with Crippen molar-refractivity contribution in [2.24, 2.45) is 0 Å². The van der Waals surface area contributed by atoms with E-state index in [0.29, 0.717) is 6.54 Å². The number of hydrogen-bond acceptors (Lipinski definition) is 2. The molecule has 1 aliphatic rings. The van der Waals surface area contributed by atoms with Gasteiger partial charge in [-0.2, -0.15) is 0 Å². The maximum absolute atomic E-state index is 12.3. The van der Waals surface area contributed by atoms with Crippen molar-refractivity contribution in [2.75, 3.05) is 19.7 Å². The van der Waals surface area contributed by atoms with Gasteiger partial charge in [0.1, 0.15) is 0 Å². The highest BCUT2D eigenvalue weighted by atomic mass is 127. The maximum Gasteiger partial charge on any atom is 0.253 e. The Hall–Kier alpha value is -0.620. The first kappa shape index (κ1) is 12.8. The van der Waals surface area contributed by atoms with Crippen LogP contribution in [0.4, 0.5) is 0 Å². The third-order valence-corrected chi connectivity index (χ3v) is 3.48. The quantitative estimate of drug-likeness (QED) is 0.732. The third kappa shape index (κ3) is 3.42. The Kier molecular flexibility index (Phi) is 4.39. The Morgan fingerprint density at radius 1 is 1.53 bits per heavy atom. The molecule has 0 aromatic heterocycles. The van der Waals surface area contributed by atoms with Crippen LogP contribution in [0, 0.1) is 3.57 Å². The lowest BCUT2D eigenvalue weighted by atomic mass is 10.2. The third-order valence-electron chi connectivity index (χ3n) is 2.81. The molecule has 1 atom stereocenters. The van der Waals surface area contributed by atoms with E-state index in [1.54, 1.807) is 0 Å². The van der Waals surface area contributed by atoms with Crippen LogP contribution >= 0.6 is 22.6 Å². The van der Waals surface area contributed by atoms with Crippen molar-refractivity contribution >= 4 is 28.5 Å². The van der Waals surface area contributed by atoms with Gasteiger partial charge in [0.05, 0.1) is 6.10 Å². The highest BCUT2D eigenvalue weighted by Crippen LogP contribution is 2.13. The van der Waals surface area contributed by atoms with Gasteiger partial charge >= 0.3 is 0 Å². The summed E-state index contributed by atoms with van der Waals surface area (Å²) >= 11 is 2.23. The number of carbonyl (C=O) groups is 1. The fourth-order valence-electron chi connectivity index (χ4n) is 1.98. The van der Waals surface area contributed by atoms with Crippen molar-refractivity contribution in [1.82, 2.24) is 4.90 Å². The largest absolute Gasteiger partial charge is 0.377 e. The summed E-state index contributed by atoms with van der Waals surface area (Å²) in [6.45, 7) is 4.23. The number of benzene rings is 1. The van der Waals surface area contributed by atoms with Gasteiger partial charge in [0, 0.05) is 28.8 Å². The van der Waals surface area contributed by atoms with Gasteiger partial charge in [-0.05, 0) is 54.1 Å². The number of nitrogens with zero attached hydrogens (tertiary/aromatic N) is 1. The summed E-state index contributed by atoms with van der Waals surface area (Å²) in [5, 5.41) is 0. The number of hydrogen-bond donors (Lipinski definition) is 0. The van der Waals surface area contributed by atoms with Gasteiger partial charge < -0.3 is 9.64 Å². The first-order valence-corrected chi connectivity index (χ1v) is 6.91. The Morgan fingerprint density at radius 3 is 3.12 bits per heavy atom. The van der Waals surface area contributed by atoms with Crippen LogP contribution in [0.3, 0.4) is 0 Å². The van der Waals surface area contributed by atoms with Crippen LogP contribution in [0.25, 0.3) is 0 Å². The SMILES string of the molecule is CC1CN(C(=O)c2cccc(I)c2)CCCO1. The van der Waals surface area contributed by atoms with Crippen molar-refractivity contribution in [3.8, 4) is 0 Å². The van der Waals surface area contributed by atoms with E-state index in [2.05, 4.69) is 22.6 Å². The summed E-state index contributed by atoms with van der Waals surface area (Å²) in [4.78, 5) is 14.2. The van der Waals surface area contributed by atoms with Gasteiger partial charge in [-0.15, -0.1) is 0 Å². The standard InChI is InChI=1S/C13H16INO2/c1-10-9-15(6-3-7-17-10)13(16)11-4-2-5-12(14)8-11/h2,4-5,8,10H,3,6-7,9H2,1H3. The highest BCUT2D eigenvalue weighted by Gasteiger charge is 2.20. The molecule has 0 bridgehead atoms. The van der Waals surface area contributed by atoms with Gasteiger partial charge in [0.25, 0.3) is 5.91 Å². The molecule has 0 N–H and O–H groups in total. The van der Waals surface area contributed by atoms with Gasteiger partial charge in [-0.1, -0.05) is 6.07 Å². The first-order valence-electron chi connectivity index (χ1n) is 5.83. The number of amides is 1. The van der Waals surface area contributed by atoms with Crippen LogP contribution in [0.5, 0.6) is 0 Å². The van der Waals surface area contributed by atoms with Crippen LogP contribution < -0.4 is 0 Å². The number of carbonyl (C=O) groups excluding carboxylic acids is 1. The second-order valence-electron chi connectivity index (χ2n) is 4.30. The number of halogens is 1. The van der Waals surface area contributed by atoms with E-state index in [1.807, 2.05) is 36.1 Å². The summed E-state index contributed by atoms with van der Waals surface area (Å²) in [6.07, 6.45) is 1.05. The van der Waals surface area contributed by atoms with Crippen LogP contribution in [-0.4, -0.2) is 36.6 Å². The lowest BCUT2D eigenvalue weighted by Crippen LogP contribution is -2.35. The predicted octanol–water partition coefficient (Wildman–Crippen LogP) is 2.54. The molecule has 92 valence electrons. The minimum absolute atomic E-state index is 0.112. The van der Waals surface area contributed by atoms with Gasteiger partial charge in [-0.25, -0.2) is 0 Å². The predicted molar refractivity (Wildman–Crippen MR) is 75.1 cm³/mol. The molecule has 17 heavy (non-hydrogen) atoms. The topological polar surface area (TPSA) is 29.5 Å².